The Labute approximate surface area is 81.4 Å². The standard InChI is InChI=1S/C10H8N4/c11-6-10-3-5-14(13-10)8-9-2-1-4-12-7-9/h1-5,7H,8H2. The number of hydrogen-bond donors (Lipinski definition) is 0. The molecule has 0 aliphatic rings. The van der Waals surface area contributed by atoms with E-state index < -0.39 is 0 Å². The normalized spacial score (nSPS) is 9.64. The molecule has 68 valence electrons. The molecule has 0 aliphatic carbocycles. The molecule has 0 atom stereocenters. The number of nitriles is 1. The quantitative estimate of drug-likeness (QED) is 0.704. The predicted octanol–water partition coefficient (Wildman–Crippen LogP) is 1.20. The topological polar surface area (TPSA) is 54.5 Å². The van der Waals surface area contributed by atoms with Crippen molar-refractivity contribution in [1.29, 1.82) is 5.26 Å². The summed E-state index contributed by atoms with van der Waals surface area (Å²) in [5.41, 5.74) is 1.51. The molecule has 14 heavy (non-hydrogen) atoms. The molecule has 2 rings (SSSR count). The third-order valence-electron chi connectivity index (χ3n) is 1.82. The highest BCUT2D eigenvalue weighted by Crippen LogP contribution is 2.00. The van der Waals surface area contributed by atoms with Crippen molar-refractivity contribution < 1.29 is 0 Å². The van der Waals surface area contributed by atoms with Crippen LogP contribution in [0.15, 0.2) is 36.8 Å². The summed E-state index contributed by atoms with van der Waals surface area (Å²) in [7, 11) is 0. The molecule has 0 aliphatic heterocycles. The first-order valence-electron chi connectivity index (χ1n) is 4.21. The molecule has 2 aromatic heterocycles. The minimum Gasteiger partial charge on any atom is -0.267 e. The van der Waals surface area contributed by atoms with Crippen molar-refractivity contribution in [2.45, 2.75) is 6.54 Å². The molecule has 4 heteroatoms. The third kappa shape index (κ3) is 1.77. The Morgan fingerprint density at radius 1 is 1.43 bits per heavy atom. The highest BCUT2D eigenvalue weighted by atomic mass is 15.3. The first-order chi connectivity index (χ1) is 6.88. The van der Waals surface area contributed by atoms with E-state index in [-0.39, 0.29) is 0 Å². The van der Waals surface area contributed by atoms with Gasteiger partial charge in [0.15, 0.2) is 5.69 Å². The Balaban J connectivity index is 2.16. The van der Waals surface area contributed by atoms with Crippen LogP contribution in [0.5, 0.6) is 0 Å². The molecule has 0 saturated heterocycles. The molecule has 0 unspecified atom stereocenters. The van der Waals surface area contributed by atoms with Gasteiger partial charge in [0.05, 0.1) is 6.54 Å². The maximum atomic E-state index is 8.58. The molecule has 2 heterocycles. The van der Waals surface area contributed by atoms with Gasteiger partial charge in [-0.05, 0) is 17.7 Å². The Morgan fingerprint density at radius 3 is 3.00 bits per heavy atom. The van der Waals surface area contributed by atoms with Crippen LogP contribution in [-0.2, 0) is 6.54 Å². The molecule has 0 amide bonds. The maximum Gasteiger partial charge on any atom is 0.162 e. The lowest BCUT2D eigenvalue weighted by atomic mass is 10.3. The number of aromatic nitrogens is 3. The van der Waals surface area contributed by atoms with Crippen LogP contribution < -0.4 is 0 Å². The minimum absolute atomic E-state index is 0.439. The highest BCUT2D eigenvalue weighted by molar-refractivity contribution is 5.17. The zero-order chi connectivity index (χ0) is 9.80. The van der Waals surface area contributed by atoms with E-state index in [1.54, 1.807) is 29.3 Å². The number of pyridine rings is 1. The second-order valence-electron chi connectivity index (χ2n) is 2.87. The summed E-state index contributed by atoms with van der Waals surface area (Å²) in [5, 5.41) is 12.6. The summed E-state index contributed by atoms with van der Waals surface area (Å²) in [6, 6.07) is 7.53. The van der Waals surface area contributed by atoms with Gasteiger partial charge in [-0.15, -0.1) is 0 Å². The summed E-state index contributed by atoms with van der Waals surface area (Å²) in [5.74, 6) is 0. The van der Waals surface area contributed by atoms with E-state index >= 15 is 0 Å². The molecule has 0 spiro atoms. The van der Waals surface area contributed by atoms with Crippen molar-refractivity contribution in [3.8, 4) is 6.07 Å². The average molecular weight is 184 g/mol. The van der Waals surface area contributed by atoms with Crippen LogP contribution in [0, 0.1) is 11.3 Å². The van der Waals surface area contributed by atoms with Crippen LogP contribution in [0.3, 0.4) is 0 Å². The summed E-state index contributed by atoms with van der Waals surface area (Å²) >= 11 is 0. The van der Waals surface area contributed by atoms with E-state index in [9.17, 15) is 0 Å². The Kier molecular flexibility index (Phi) is 2.24. The van der Waals surface area contributed by atoms with Gasteiger partial charge >= 0.3 is 0 Å². The van der Waals surface area contributed by atoms with Gasteiger partial charge in [0, 0.05) is 18.6 Å². The van der Waals surface area contributed by atoms with Crippen LogP contribution in [0.2, 0.25) is 0 Å². The zero-order valence-corrected chi connectivity index (χ0v) is 7.46. The van der Waals surface area contributed by atoms with E-state index in [0.29, 0.717) is 12.2 Å². The summed E-state index contributed by atoms with van der Waals surface area (Å²) in [6.07, 6.45) is 5.30. The van der Waals surface area contributed by atoms with E-state index in [0.717, 1.165) is 5.56 Å². The second-order valence-corrected chi connectivity index (χ2v) is 2.87. The maximum absolute atomic E-state index is 8.58. The molecule has 0 N–H and O–H groups in total. The second kappa shape index (κ2) is 3.71. The molecule has 0 bridgehead atoms. The lowest BCUT2D eigenvalue weighted by Gasteiger charge is -1.99. The average Bonchev–Trinajstić information content (AvgIpc) is 2.67. The van der Waals surface area contributed by atoms with E-state index in [1.807, 2.05) is 18.2 Å². The number of rotatable bonds is 2. The van der Waals surface area contributed by atoms with Crippen LogP contribution in [0.1, 0.15) is 11.3 Å². The largest absolute Gasteiger partial charge is 0.267 e. The molecular weight excluding hydrogens is 176 g/mol. The van der Waals surface area contributed by atoms with Crippen LogP contribution in [-0.4, -0.2) is 14.8 Å². The fourth-order valence-corrected chi connectivity index (χ4v) is 1.19. The van der Waals surface area contributed by atoms with Crippen molar-refractivity contribution in [3.63, 3.8) is 0 Å². The SMILES string of the molecule is N#Cc1ccn(Cc2cccnc2)n1. The van der Waals surface area contributed by atoms with E-state index in [1.165, 1.54) is 0 Å². The third-order valence-corrected chi connectivity index (χ3v) is 1.82. The van der Waals surface area contributed by atoms with E-state index in [4.69, 9.17) is 5.26 Å². The smallest absolute Gasteiger partial charge is 0.162 e. The lowest BCUT2D eigenvalue weighted by molar-refractivity contribution is 0.682. The zero-order valence-electron chi connectivity index (χ0n) is 7.46. The monoisotopic (exact) mass is 184 g/mol. The molecule has 0 fully saturated rings. The van der Waals surface area contributed by atoms with Gasteiger partial charge in [-0.2, -0.15) is 10.4 Å². The predicted molar refractivity (Wildman–Crippen MR) is 50.3 cm³/mol. The van der Waals surface area contributed by atoms with Crippen LogP contribution in [0.25, 0.3) is 0 Å². The van der Waals surface area contributed by atoms with Crippen molar-refractivity contribution in [2.24, 2.45) is 0 Å². The summed E-state index contributed by atoms with van der Waals surface area (Å²) < 4.78 is 1.72. The molecule has 2 aromatic rings. The van der Waals surface area contributed by atoms with Gasteiger partial charge in [-0.25, -0.2) is 0 Å². The first-order valence-corrected chi connectivity index (χ1v) is 4.21. The minimum atomic E-state index is 0.439. The molecule has 0 aromatic carbocycles. The first kappa shape index (κ1) is 8.45. The molecule has 0 saturated carbocycles. The Bertz CT molecular complexity index is 452. The van der Waals surface area contributed by atoms with Gasteiger partial charge in [-0.3, -0.25) is 9.67 Å². The number of hydrogen-bond acceptors (Lipinski definition) is 3. The van der Waals surface area contributed by atoms with Gasteiger partial charge in [0.1, 0.15) is 6.07 Å². The van der Waals surface area contributed by atoms with Gasteiger partial charge in [0.2, 0.25) is 0 Å². The van der Waals surface area contributed by atoms with Crippen LogP contribution in [0.4, 0.5) is 0 Å². The van der Waals surface area contributed by atoms with Crippen molar-refractivity contribution in [3.05, 3.63) is 48.0 Å². The molecule has 0 radical (unpaired) electrons. The van der Waals surface area contributed by atoms with Gasteiger partial charge in [0.25, 0.3) is 0 Å². The molecular formula is C10H8N4. The van der Waals surface area contributed by atoms with Crippen molar-refractivity contribution >= 4 is 0 Å². The fraction of sp³-hybridized carbons (Fsp3) is 0.100. The van der Waals surface area contributed by atoms with E-state index in [2.05, 4.69) is 10.1 Å². The van der Waals surface area contributed by atoms with Gasteiger partial charge in [-0.1, -0.05) is 6.07 Å². The Hall–Kier alpha value is -2.15. The van der Waals surface area contributed by atoms with Gasteiger partial charge < -0.3 is 0 Å². The van der Waals surface area contributed by atoms with Crippen LogP contribution >= 0.6 is 0 Å². The fourth-order valence-electron chi connectivity index (χ4n) is 1.19. The summed E-state index contributed by atoms with van der Waals surface area (Å²) in [6.45, 7) is 0.648. The molecule has 4 nitrogen and oxygen atoms in total. The Morgan fingerprint density at radius 2 is 2.36 bits per heavy atom. The number of nitrogens with zero attached hydrogens (tertiary/aromatic N) is 4. The summed E-state index contributed by atoms with van der Waals surface area (Å²) in [4.78, 5) is 4.00. The lowest BCUT2D eigenvalue weighted by Crippen LogP contribution is -2.00. The van der Waals surface area contributed by atoms with Crippen molar-refractivity contribution in [1.82, 2.24) is 14.8 Å². The van der Waals surface area contributed by atoms with Crippen molar-refractivity contribution in [2.75, 3.05) is 0 Å². The highest BCUT2D eigenvalue weighted by Gasteiger charge is 1.97.